The van der Waals surface area contributed by atoms with E-state index in [1.54, 1.807) is 23.9 Å². The molecule has 1 aliphatic rings. The molecule has 1 unspecified atom stereocenters. The molecule has 0 radical (unpaired) electrons. The van der Waals surface area contributed by atoms with Crippen molar-refractivity contribution in [1.82, 2.24) is 19.0 Å². The van der Waals surface area contributed by atoms with Gasteiger partial charge in [0.05, 0.1) is 29.2 Å². The Hall–Kier alpha value is -3.03. The van der Waals surface area contributed by atoms with E-state index in [0.717, 1.165) is 6.07 Å². The van der Waals surface area contributed by atoms with Crippen LogP contribution in [0.25, 0.3) is 0 Å². The van der Waals surface area contributed by atoms with Gasteiger partial charge in [-0.2, -0.15) is 9.40 Å². The highest BCUT2D eigenvalue weighted by atomic mass is 32.2. The van der Waals surface area contributed by atoms with Gasteiger partial charge < -0.3 is 10.1 Å². The Kier molecular flexibility index (Phi) is 7.34. The van der Waals surface area contributed by atoms with Gasteiger partial charge in [0.25, 0.3) is 0 Å². The zero-order chi connectivity index (χ0) is 24.3. The summed E-state index contributed by atoms with van der Waals surface area (Å²) in [5.74, 6) is 0.381. The zero-order valence-electron chi connectivity index (χ0n) is 19.0. The first-order chi connectivity index (χ1) is 15.6. The van der Waals surface area contributed by atoms with Crippen molar-refractivity contribution in [3.8, 4) is 5.75 Å². The largest absolute Gasteiger partial charge is 0.490 e. The minimum absolute atomic E-state index is 0.0117. The van der Waals surface area contributed by atoms with E-state index in [4.69, 9.17) is 4.74 Å². The molecule has 180 valence electrons. The molecule has 0 aliphatic carbocycles. The Morgan fingerprint density at radius 1 is 1.18 bits per heavy atom. The van der Waals surface area contributed by atoms with Gasteiger partial charge in [-0.15, -0.1) is 0 Å². The predicted molar refractivity (Wildman–Crippen MR) is 121 cm³/mol. The summed E-state index contributed by atoms with van der Waals surface area (Å²) in [5.41, 5.74) is -0.414. The molecule has 2 aromatic rings. The molecule has 33 heavy (non-hydrogen) atoms. The quantitative estimate of drug-likeness (QED) is 0.445. The highest BCUT2D eigenvalue weighted by Crippen LogP contribution is 2.31. The third kappa shape index (κ3) is 5.15. The number of rotatable bonds is 8. The molecule has 1 aromatic heterocycles. The summed E-state index contributed by atoms with van der Waals surface area (Å²) in [6, 6.07) is 4.91. The van der Waals surface area contributed by atoms with Crippen molar-refractivity contribution in [3.05, 3.63) is 40.6 Å². The molecular weight excluding hydrogens is 452 g/mol. The summed E-state index contributed by atoms with van der Waals surface area (Å²) in [5, 5.41) is 18.3. The first kappa shape index (κ1) is 24.6. The molecular formula is C20H28N6O6S. The van der Waals surface area contributed by atoms with Crippen LogP contribution in [0.5, 0.6) is 5.75 Å². The summed E-state index contributed by atoms with van der Waals surface area (Å²) in [4.78, 5) is 25.0. The monoisotopic (exact) mass is 480 g/mol. The van der Waals surface area contributed by atoms with Gasteiger partial charge in [0.2, 0.25) is 15.9 Å². The van der Waals surface area contributed by atoms with E-state index in [2.05, 4.69) is 10.4 Å². The van der Waals surface area contributed by atoms with Gasteiger partial charge in [-0.1, -0.05) is 0 Å². The topological polar surface area (TPSA) is 140 Å². The summed E-state index contributed by atoms with van der Waals surface area (Å²) in [6.45, 7) is 6.69. The number of hydrogen-bond acceptors (Lipinski definition) is 8. The van der Waals surface area contributed by atoms with E-state index in [9.17, 15) is 23.3 Å². The number of nitrogens with one attached hydrogen (secondary N) is 1. The third-order valence-electron chi connectivity index (χ3n) is 5.60. The number of anilines is 1. The number of piperazine rings is 1. The van der Waals surface area contributed by atoms with Crippen molar-refractivity contribution < 1.29 is 22.9 Å². The Bertz CT molecular complexity index is 1120. The van der Waals surface area contributed by atoms with Crippen molar-refractivity contribution in [2.45, 2.75) is 37.8 Å². The van der Waals surface area contributed by atoms with Gasteiger partial charge in [0, 0.05) is 44.4 Å². The van der Waals surface area contributed by atoms with Crippen LogP contribution in [0.4, 0.5) is 11.5 Å². The molecule has 13 heteroatoms. The van der Waals surface area contributed by atoms with Crippen LogP contribution >= 0.6 is 0 Å². The second kappa shape index (κ2) is 9.85. The Morgan fingerprint density at radius 3 is 2.42 bits per heavy atom. The first-order valence-corrected chi connectivity index (χ1v) is 11.9. The molecule has 1 N–H and O–H groups in total. The van der Waals surface area contributed by atoms with Gasteiger partial charge in [-0.3, -0.25) is 19.8 Å². The van der Waals surface area contributed by atoms with Crippen LogP contribution in [0, 0.1) is 10.1 Å². The van der Waals surface area contributed by atoms with Gasteiger partial charge >= 0.3 is 5.69 Å². The van der Waals surface area contributed by atoms with E-state index in [-0.39, 0.29) is 35.7 Å². The lowest BCUT2D eigenvalue weighted by molar-refractivity contribution is -0.386. The average Bonchev–Trinajstić information content (AvgIpc) is 3.26. The number of nitro groups is 1. The normalized spacial score (nSPS) is 16.5. The standard InChI is InChI=1S/C20H28N6O6S/c1-14(2)25-19(7-8-21-25)22-20(27)15(3)23-9-11-24(12-10-23)33(30,31)16-5-6-18(32-4)17(13-16)26(28)29/h5-8,13-15H,9-12H2,1-4H3,(H,22,27). The van der Waals surface area contributed by atoms with Crippen molar-refractivity contribution >= 4 is 27.4 Å². The van der Waals surface area contributed by atoms with Crippen LogP contribution in [0.15, 0.2) is 35.4 Å². The maximum atomic E-state index is 13.0. The molecule has 1 aromatic carbocycles. The van der Waals surface area contributed by atoms with Gasteiger partial charge in [0.1, 0.15) is 5.82 Å². The number of ether oxygens (including phenoxy) is 1. The minimum atomic E-state index is -3.93. The average molecular weight is 481 g/mol. The number of carbonyl (C=O) groups is 1. The van der Waals surface area contributed by atoms with E-state index in [0.29, 0.717) is 18.9 Å². The number of benzene rings is 1. The molecule has 2 heterocycles. The van der Waals surface area contributed by atoms with Crippen LogP contribution in [0.3, 0.4) is 0 Å². The predicted octanol–water partition coefficient (Wildman–Crippen LogP) is 1.71. The molecule has 1 saturated heterocycles. The SMILES string of the molecule is COc1ccc(S(=O)(=O)N2CCN(C(C)C(=O)Nc3ccnn3C(C)C)CC2)cc1[N+](=O)[O-]. The Balaban J connectivity index is 1.66. The summed E-state index contributed by atoms with van der Waals surface area (Å²) in [7, 11) is -2.65. The van der Waals surface area contributed by atoms with Gasteiger partial charge in [-0.25, -0.2) is 13.1 Å². The van der Waals surface area contributed by atoms with Crippen LogP contribution in [-0.2, 0) is 14.8 Å². The molecule has 0 saturated carbocycles. The summed E-state index contributed by atoms with van der Waals surface area (Å²) in [6.07, 6.45) is 1.62. The van der Waals surface area contributed by atoms with Gasteiger partial charge in [0.15, 0.2) is 5.75 Å². The molecule has 1 aliphatic heterocycles. The first-order valence-electron chi connectivity index (χ1n) is 10.5. The van der Waals surface area contributed by atoms with Crippen LogP contribution in [-0.4, -0.2) is 77.6 Å². The second-order valence-electron chi connectivity index (χ2n) is 7.95. The van der Waals surface area contributed by atoms with Crippen molar-refractivity contribution in [1.29, 1.82) is 0 Å². The number of sulfonamides is 1. The zero-order valence-corrected chi connectivity index (χ0v) is 19.8. The summed E-state index contributed by atoms with van der Waals surface area (Å²) < 4.78 is 34.0. The van der Waals surface area contributed by atoms with Crippen molar-refractivity contribution in [3.63, 3.8) is 0 Å². The number of amides is 1. The molecule has 12 nitrogen and oxygen atoms in total. The van der Waals surface area contributed by atoms with Crippen molar-refractivity contribution in [2.24, 2.45) is 0 Å². The molecule has 3 rings (SSSR count). The minimum Gasteiger partial charge on any atom is -0.490 e. The molecule has 1 amide bonds. The van der Waals surface area contributed by atoms with Crippen molar-refractivity contribution in [2.75, 3.05) is 38.6 Å². The van der Waals surface area contributed by atoms with Gasteiger partial charge in [-0.05, 0) is 32.9 Å². The maximum Gasteiger partial charge on any atom is 0.312 e. The fraction of sp³-hybridized carbons (Fsp3) is 0.500. The van der Waals surface area contributed by atoms with E-state index in [1.807, 2.05) is 18.7 Å². The molecule has 0 spiro atoms. The van der Waals surface area contributed by atoms with E-state index in [1.165, 1.54) is 23.5 Å². The number of methoxy groups -OCH3 is 1. The second-order valence-corrected chi connectivity index (χ2v) is 9.89. The molecule has 0 bridgehead atoms. The highest BCUT2D eigenvalue weighted by molar-refractivity contribution is 7.89. The number of hydrogen-bond donors (Lipinski definition) is 1. The number of nitro benzene ring substituents is 1. The lowest BCUT2D eigenvalue weighted by atomic mass is 10.2. The summed E-state index contributed by atoms with van der Waals surface area (Å²) >= 11 is 0. The Morgan fingerprint density at radius 2 is 1.85 bits per heavy atom. The molecule has 1 atom stereocenters. The smallest absolute Gasteiger partial charge is 0.312 e. The van der Waals surface area contributed by atoms with E-state index < -0.39 is 26.7 Å². The number of nitrogens with zero attached hydrogens (tertiary/aromatic N) is 5. The van der Waals surface area contributed by atoms with E-state index >= 15 is 0 Å². The molecule has 1 fully saturated rings. The number of carbonyl (C=O) groups excluding carboxylic acids is 1. The number of aromatic nitrogens is 2. The van der Waals surface area contributed by atoms with Crippen LogP contribution < -0.4 is 10.1 Å². The third-order valence-corrected chi connectivity index (χ3v) is 7.49. The lowest BCUT2D eigenvalue weighted by Gasteiger charge is -2.36. The highest BCUT2D eigenvalue weighted by Gasteiger charge is 2.33. The fourth-order valence-electron chi connectivity index (χ4n) is 3.67. The van der Waals surface area contributed by atoms with Crippen LogP contribution in [0.1, 0.15) is 26.8 Å². The lowest BCUT2D eigenvalue weighted by Crippen LogP contribution is -2.54. The Labute approximate surface area is 192 Å². The maximum absolute atomic E-state index is 13.0. The van der Waals surface area contributed by atoms with Crippen LogP contribution in [0.2, 0.25) is 0 Å². The fourth-order valence-corrected chi connectivity index (χ4v) is 5.12.